The maximum atomic E-state index is 12.4. The monoisotopic (exact) mass is 291 g/mol. The van der Waals surface area contributed by atoms with Gasteiger partial charge in [0, 0.05) is 30.5 Å². The van der Waals surface area contributed by atoms with Gasteiger partial charge in [-0.1, -0.05) is 11.6 Å². The van der Waals surface area contributed by atoms with Crippen molar-refractivity contribution in [1.82, 2.24) is 10.2 Å². The summed E-state index contributed by atoms with van der Waals surface area (Å²) >= 11 is 6.13. The Morgan fingerprint density at radius 3 is 2.65 bits per heavy atom. The number of fused-ring (bicyclic) bond motifs is 2. The van der Waals surface area contributed by atoms with Crippen molar-refractivity contribution >= 4 is 34.0 Å². The number of carbonyl (C=O) groups is 1. The van der Waals surface area contributed by atoms with E-state index in [0.29, 0.717) is 5.15 Å². The third kappa shape index (κ3) is 1.50. The number of halogens is 1. The number of methoxy groups -OCH3 is 1. The SMILES string of the molecule is COC1(C)C(=O)N(C)c2cc3c(C)nnc(Cl)c3cc21. The number of hydrogen-bond acceptors (Lipinski definition) is 4. The van der Waals surface area contributed by atoms with Gasteiger partial charge in [0.25, 0.3) is 5.91 Å². The molecule has 0 saturated carbocycles. The van der Waals surface area contributed by atoms with Crippen molar-refractivity contribution in [2.45, 2.75) is 19.4 Å². The highest BCUT2D eigenvalue weighted by molar-refractivity contribution is 6.34. The van der Waals surface area contributed by atoms with E-state index in [2.05, 4.69) is 10.2 Å². The van der Waals surface area contributed by atoms with E-state index < -0.39 is 5.60 Å². The van der Waals surface area contributed by atoms with Crippen LogP contribution in [-0.2, 0) is 15.1 Å². The van der Waals surface area contributed by atoms with E-state index in [-0.39, 0.29) is 5.91 Å². The van der Waals surface area contributed by atoms with Crippen LogP contribution in [0.3, 0.4) is 0 Å². The second-order valence-electron chi connectivity index (χ2n) is 5.09. The van der Waals surface area contributed by atoms with Crippen molar-refractivity contribution in [3.8, 4) is 0 Å². The van der Waals surface area contributed by atoms with Gasteiger partial charge in [-0.2, -0.15) is 5.10 Å². The molecule has 2 heterocycles. The van der Waals surface area contributed by atoms with Crippen LogP contribution in [0, 0.1) is 6.92 Å². The number of carbonyl (C=O) groups excluding carboxylic acids is 1. The fraction of sp³-hybridized carbons (Fsp3) is 0.357. The Labute approximate surface area is 121 Å². The summed E-state index contributed by atoms with van der Waals surface area (Å²) in [5, 5.41) is 9.94. The summed E-state index contributed by atoms with van der Waals surface area (Å²) in [4.78, 5) is 14.0. The summed E-state index contributed by atoms with van der Waals surface area (Å²) in [5.74, 6) is -0.0972. The molecule has 5 nitrogen and oxygen atoms in total. The minimum Gasteiger partial charge on any atom is -0.364 e. The predicted molar refractivity (Wildman–Crippen MR) is 77.1 cm³/mol. The summed E-state index contributed by atoms with van der Waals surface area (Å²) < 4.78 is 5.46. The molecule has 0 radical (unpaired) electrons. The van der Waals surface area contributed by atoms with Crippen LogP contribution in [-0.4, -0.2) is 30.3 Å². The highest BCUT2D eigenvalue weighted by Gasteiger charge is 2.46. The lowest BCUT2D eigenvalue weighted by Gasteiger charge is -2.21. The van der Waals surface area contributed by atoms with E-state index in [9.17, 15) is 4.79 Å². The van der Waals surface area contributed by atoms with Crippen molar-refractivity contribution in [2.75, 3.05) is 19.1 Å². The average Bonchev–Trinajstić information content (AvgIpc) is 2.64. The number of likely N-dealkylation sites (N-methyl/N-ethyl adjacent to an activating group) is 1. The molecule has 20 heavy (non-hydrogen) atoms. The smallest absolute Gasteiger partial charge is 0.263 e. The topological polar surface area (TPSA) is 55.3 Å². The van der Waals surface area contributed by atoms with E-state index in [1.54, 1.807) is 18.9 Å². The Morgan fingerprint density at radius 1 is 1.30 bits per heavy atom. The normalized spacial score (nSPS) is 21.6. The summed E-state index contributed by atoms with van der Waals surface area (Å²) in [5.41, 5.74) is 1.41. The van der Waals surface area contributed by atoms with E-state index in [4.69, 9.17) is 16.3 Å². The molecule has 2 aromatic rings. The van der Waals surface area contributed by atoms with Gasteiger partial charge in [-0.25, -0.2) is 0 Å². The number of rotatable bonds is 1. The van der Waals surface area contributed by atoms with Crippen LogP contribution in [0.2, 0.25) is 5.15 Å². The highest BCUT2D eigenvalue weighted by atomic mass is 35.5. The summed E-state index contributed by atoms with van der Waals surface area (Å²) in [6.07, 6.45) is 0. The van der Waals surface area contributed by atoms with Crippen LogP contribution in [0.5, 0.6) is 0 Å². The van der Waals surface area contributed by atoms with Crippen LogP contribution in [0.4, 0.5) is 5.69 Å². The number of aryl methyl sites for hydroxylation is 1. The lowest BCUT2D eigenvalue weighted by Crippen LogP contribution is -2.37. The quantitative estimate of drug-likeness (QED) is 0.810. The van der Waals surface area contributed by atoms with E-state index in [1.165, 1.54) is 7.11 Å². The van der Waals surface area contributed by atoms with Crippen molar-refractivity contribution < 1.29 is 9.53 Å². The molecule has 1 aromatic heterocycles. The molecule has 1 unspecified atom stereocenters. The van der Waals surface area contributed by atoms with E-state index >= 15 is 0 Å². The first-order valence-electron chi connectivity index (χ1n) is 6.20. The van der Waals surface area contributed by atoms with Gasteiger partial charge in [-0.15, -0.1) is 5.10 Å². The van der Waals surface area contributed by atoms with E-state index in [1.807, 2.05) is 19.1 Å². The summed E-state index contributed by atoms with van der Waals surface area (Å²) in [6, 6.07) is 3.79. The standard InChI is InChI=1S/C14H14ClN3O2/c1-7-8-6-11-10(5-9(8)12(15)17-16-7)14(2,20-4)13(19)18(11)3/h5-6H,1-4H3. The molecule has 0 bridgehead atoms. The molecule has 0 aliphatic carbocycles. The van der Waals surface area contributed by atoms with Crippen LogP contribution in [0.15, 0.2) is 12.1 Å². The van der Waals surface area contributed by atoms with Gasteiger partial charge in [-0.3, -0.25) is 4.79 Å². The van der Waals surface area contributed by atoms with Crippen LogP contribution in [0.1, 0.15) is 18.2 Å². The molecule has 1 aliphatic heterocycles. The second kappa shape index (κ2) is 4.14. The zero-order chi connectivity index (χ0) is 14.7. The van der Waals surface area contributed by atoms with E-state index in [0.717, 1.165) is 27.7 Å². The third-order valence-electron chi connectivity index (χ3n) is 4.03. The summed E-state index contributed by atoms with van der Waals surface area (Å²) in [7, 11) is 3.27. The lowest BCUT2D eigenvalue weighted by molar-refractivity contribution is -0.137. The van der Waals surface area contributed by atoms with Crippen molar-refractivity contribution in [2.24, 2.45) is 0 Å². The highest BCUT2D eigenvalue weighted by Crippen LogP contribution is 2.44. The van der Waals surface area contributed by atoms with Gasteiger partial charge in [0.1, 0.15) is 0 Å². The maximum absolute atomic E-state index is 12.4. The summed E-state index contributed by atoms with van der Waals surface area (Å²) in [6.45, 7) is 3.63. The maximum Gasteiger partial charge on any atom is 0.263 e. The van der Waals surface area contributed by atoms with Gasteiger partial charge < -0.3 is 9.64 Å². The Hall–Kier alpha value is -1.72. The van der Waals surface area contributed by atoms with Gasteiger partial charge in [0.2, 0.25) is 0 Å². The molecule has 1 aliphatic rings. The minimum absolute atomic E-state index is 0.0972. The molecule has 1 amide bonds. The molecule has 3 rings (SSSR count). The van der Waals surface area contributed by atoms with Gasteiger partial charge >= 0.3 is 0 Å². The Kier molecular flexibility index (Phi) is 2.74. The zero-order valence-corrected chi connectivity index (χ0v) is 12.4. The number of anilines is 1. The minimum atomic E-state index is -0.987. The lowest BCUT2D eigenvalue weighted by atomic mass is 9.95. The van der Waals surface area contributed by atoms with Crippen molar-refractivity contribution in [1.29, 1.82) is 0 Å². The fourth-order valence-electron chi connectivity index (χ4n) is 2.69. The first-order chi connectivity index (χ1) is 9.40. The molecule has 0 fully saturated rings. The van der Waals surface area contributed by atoms with Crippen LogP contribution < -0.4 is 4.90 Å². The molecule has 6 heteroatoms. The molecular formula is C14H14ClN3O2. The average molecular weight is 292 g/mol. The van der Waals surface area contributed by atoms with Crippen molar-refractivity contribution in [3.63, 3.8) is 0 Å². The van der Waals surface area contributed by atoms with Gasteiger partial charge in [0.15, 0.2) is 10.8 Å². The molecule has 104 valence electrons. The molecule has 0 saturated heterocycles. The molecule has 0 spiro atoms. The Balaban J connectivity index is 2.41. The van der Waals surface area contributed by atoms with Crippen molar-refractivity contribution in [3.05, 3.63) is 28.5 Å². The first kappa shape index (κ1) is 13.3. The number of amides is 1. The fourth-order valence-corrected chi connectivity index (χ4v) is 2.88. The van der Waals surface area contributed by atoms with Crippen LogP contribution >= 0.6 is 11.6 Å². The molecular weight excluding hydrogens is 278 g/mol. The number of hydrogen-bond donors (Lipinski definition) is 0. The van der Waals surface area contributed by atoms with Gasteiger partial charge in [-0.05, 0) is 26.0 Å². The largest absolute Gasteiger partial charge is 0.364 e. The zero-order valence-electron chi connectivity index (χ0n) is 11.7. The number of nitrogens with zero attached hydrogens (tertiary/aromatic N) is 3. The molecule has 0 N–H and O–H groups in total. The number of ether oxygens (including phenoxy) is 1. The Bertz CT molecular complexity index is 747. The molecule has 1 atom stereocenters. The predicted octanol–water partition coefficient (Wildman–Crippen LogP) is 2.43. The third-order valence-corrected chi connectivity index (χ3v) is 4.31. The van der Waals surface area contributed by atoms with Crippen LogP contribution in [0.25, 0.3) is 10.8 Å². The number of aromatic nitrogens is 2. The van der Waals surface area contributed by atoms with Gasteiger partial charge in [0.05, 0.1) is 11.4 Å². The molecule has 1 aromatic carbocycles. The number of benzene rings is 1. The first-order valence-corrected chi connectivity index (χ1v) is 6.58. The Morgan fingerprint density at radius 2 is 2.00 bits per heavy atom. The second-order valence-corrected chi connectivity index (χ2v) is 5.45.